The summed E-state index contributed by atoms with van der Waals surface area (Å²) in [4.78, 5) is 11.3. The first-order chi connectivity index (χ1) is 7.54. The summed E-state index contributed by atoms with van der Waals surface area (Å²) < 4.78 is 5.97. The van der Waals surface area contributed by atoms with E-state index in [1.54, 1.807) is 14.0 Å². The van der Waals surface area contributed by atoms with Crippen LogP contribution in [0.2, 0.25) is 0 Å². The van der Waals surface area contributed by atoms with Gasteiger partial charge in [0, 0.05) is 6.54 Å². The molecule has 0 heterocycles. The van der Waals surface area contributed by atoms with Crippen LogP contribution in [0.5, 0.6) is 5.75 Å². The Morgan fingerprint density at radius 3 is 2.71 bits per heavy atom. The van der Waals surface area contributed by atoms with Gasteiger partial charge in [-0.15, -0.1) is 12.4 Å². The lowest BCUT2D eigenvalue weighted by Crippen LogP contribution is -2.37. The minimum absolute atomic E-state index is 0. The Morgan fingerprint density at radius 1 is 1.59 bits per heavy atom. The van der Waals surface area contributed by atoms with Gasteiger partial charge in [0.1, 0.15) is 5.75 Å². The van der Waals surface area contributed by atoms with Crippen LogP contribution in [-0.4, -0.2) is 19.1 Å². The standard InChI is InChI=1S/C11H15BrN2O2.ClH/c1-7(13)11(15)14-6-8-3-4-10(16-2)9(12)5-8;/h3-5,7H,6,13H2,1-2H3,(H,14,15);1H/t7-;/m0./s1. The molecule has 1 rings (SSSR count). The summed E-state index contributed by atoms with van der Waals surface area (Å²) in [5.74, 6) is 0.606. The number of nitrogens with two attached hydrogens (primary N) is 1. The highest BCUT2D eigenvalue weighted by atomic mass is 79.9. The van der Waals surface area contributed by atoms with Gasteiger partial charge in [-0.3, -0.25) is 4.79 Å². The number of rotatable bonds is 4. The summed E-state index contributed by atoms with van der Waals surface area (Å²) in [5, 5.41) is 2.74. The Labute approximate surface area is 115 Å². The van der Waals surface area contributed by atoms with Crippen LogP contribution < -0.4 is 15.8 Å². The zero-order valence-electron chi connectivity index (χ0n) is 9.70. The van der Waals surface area contributed by atoms with E-state index in [4.69, 9.17) is 10.5 Å². The van der Waals surface area contributed by atoms with E-state index < -0.39 is 6.04 Å². The summed E-state index contributed by atoms with van der Waals surface area (Å²) in [5.41, 5.74) is 6.42. The molecule has 6 heteroatoms. The van der Waals surface area contributed by atoms with E-state index >= 15 is 0 Å². The van der Waals surface area contributed by atoms with Gasteiger partial charge in [0.25, 0.3) is 0 Å². The molecule has 0 aromatic heterocycles. The average molecular weight is 324 g/mol. The highest BCUT2D eigenvalue weighted by Gasteiger charge is 2.07. The first kappa shape index (κ1) is 16.2. The van der Waals surface area contributed by atoms with Crippen molar-refractivity contribution in [3.63, 3.8) is 0 Å². The lowest BCUT2D eigenvalue weighted by atomic mass is 10.2. The second kappa shape index (κ2) is 7.53. The molecule has 96 valence electrons. The number of ether oxygens (including phenoxy) is 1. The quantitative estimate of drug-likeness (QED) is 0.888. The predicted octanol–water partition coefficient (Wildman–Crippen LogP) is 1.84. The van der Waals surface area contributed by atoms with Crippen molar-refractivity contribution in [1.82, 2.24) is 5.32 Å². The van der Waals surface area contributed by atoms with Crippen molar-refractivity contribution < 1.29 is 9.53 Å². The molecule has 0 radical (unpaired) electrons. The largest absolute Gasteiger partial charge is 0.496 e. The summed E-state index contributed by atoms with van der Waals surface area (Å²) in [6.45, 7) is 2.11. The van der Waals surface area contributed by atoms with Crippen molar-refractivity contribution in [2.75, 3.05) is 7.11 Å². The predicted molar refractivity (Wildman–Crippen MR) is 73.4 cm³/mol. The molecule has 1 aromatic rings. The minimum Gasteiger partial charge on any atom is -0.496 e. The van der Waals surface area contributed by atoms with Gasteiger partial charge >= 0.3 is 0 Å². The van der Waals surface area contributed by atoms with E-state index in [0.29, 0.717) is 6.54 Å². The molecule has 0 aliphatic carbocycles. The van der Waals surface area contributed by atoms with E-state index in [1.165, 1.54) is 0 Å². The average Bonchev–Trinajstić information content (AvgIpc) is 2.25. The van der Waals surface area contributed by atoms with Gasteiger partial charge in [0.15, 0.2) is 0 Å². The first-order valence-corrected chi connectivity index (χ1v) is 5.69. The summed E-state index contributed by atoms with van der Waals surface area (Å²) in [6, 6.07) is 5.16. The van der Waals surface area contributed by atoms with Gasteiger partial charge in [-0.2, -0.15) is 0 Å². The minimum atomic E-state index is -0.485. The molecular weight excluding hydrogens is 307 g/mol. The highest BCUT2D eigenvalue weighted by Crippen LogP contribution is 2.25. The van der Waals surface area contributed by atoms with Crippen LogP contribution >= 0.6 is 28.3 Å². The SMILES string of the molecule is COc1ccc(CNC(=O)[C@H](C)N)cc1Br.Cl. The first-order valence-electron chi connectivity index (χ1n) is 4.90. The highest BCUT2D eigenvalue weighted by molar-refractivity contribution is 9.10. The van der Waals surface area contributed by atoms with E-state index in [0.717, 1.165) is 15.8 Å². The number of hydrogen-bond acceptors (Lipinski definition) is 3. The molecule has 0 fully saturated rings. The third kappa shape index (κ3) is 4.93. The van der Waals surface area contributed by atoms with Crippen LogP contribution in [0.1, 0.15) is 12.5 Å². The van der Waals surface area contributed by atoms with Crippen LogP contribution in [0.4, 0.5) is 0 Å². The van der Waals surface area contributed by atoms with Gasteiger partial charge < -0.3 is 15.8 Å². The van der Waals surface area contributed by atoms with Crippen molar-refractivity contribution in [2.45, 2.75) is 19.5 Å². The van der Waals surface area contributed by atoms with E-state index in [-0.39, 0.29) is 18.3 Å². The van der Waals surface area contributed by atoms with Gasteiger partial charge in [-0.05, 0) is 40.5 Å². The summed E-state index contributed by atoms with van der Waals surface area (Å²) in [7, 11) is 1.61. The fourth-order valence-electron chi connectivity index (χ4n) is 1.17. The number of methoxy groups -OCH3 is 1. The second-order valence-electron chi connectivity index (χ2n) is 3.48. The number of amides is 1. The Balaban J connectivity index is 0.00000256. The molecule has 3 N–H and O–H groups in total. The van der Waals surface area contributed by atoms with E-state index in [2.05, 4.69) is 21.2 Å². The molecule has 17 heavy (non-hydrogen) atoms. The van der Waals surface area contributed by atoms with Gasteiger partial charge in [-0.1, -0.05) is 6.07 Å². The fraction of sp³-hybridized carbons (Fsp3) is 0.364. The molecule has 1 amide bonds. The van der Waals surface area contributed by atoms with Crippen LogP contribution in [-0.2, 0) is 11.3 Å². The van der Waals surface area contributed by atoms with Gasteiger partial charge in [0.2, 0.25) is 5.91 Å². The number of carbonyl (C=O) groups is 1. The Bertz CT molecular complexity index is 386. The number of carbonyl (C=O) groups excluding carboxylic acids is 1. The zero-order valence-corrected chi connectivity index (χ0v) is 12.1. The molecule has 0 aliphatic heterocycles. The summed E-state index contributed by atoms with van der Waals surface area (Å²) in [6.07, 6.45) is 0. The van der Waals surface area contributed by atoms with Crippen molar-refractivity contribution in [1.29, 1.82) is 0 Å². The zero-order chi connectivity index (χ0) is 12.1. The van der Waals surface area contributed by atoms with Crippen molar-refractivity contribution in [3.05, 3.63) is 28.2 Å². The van der Waals surface area contributed by atoms with Gasteiger partial charge in [0.05, 0.1) is 17.6 Å². The molecule has 0 bridgehead atoms. The molecular formula is C11H16BrClN2O2. The monoisotopic (exact) mass is 322 g/mol. The maximum absolute atomic E-state index is 11.3. The van der Waals surface area contributed by atoms with Crippen LogP contribution in [0.15, 0.2) is 22.7 Å². The van der Waals surface area contributed by atoms with Crippen LogP contribution in [0, 0.1) is 0 Å². The smallest absolute Gasteiger partial charge is 0.236 e. The molecule has 1 aromatic carbocycles. The Kier molecular flexibility index (Phi) is 7.18. The normalized spacial score (nSPS) is 11.3. The third-order valence-corrected chi connectivity index (χ3v) is 2.72. The van der Waals surface area contributed by atoms with Crippen LogP contribution in [0.25, 0.3) is 0 Å². The summed E-state index contributed by atoms with van der Waals surface area (Å²) >= 11 is 3.38. The van der Waals surface area contributed by atoms with E-state index in [9.17, 15) is 4.79 Å². The van der Waals surface area contributed by atoms with Crippen LogP contribution in [0.3, 0.4) is 0 Å². The third-order valence-electron chi connectivity index (χ3n) is 2.10. The maximum atomic E-state index is 11.3. The lowest BCUT2D eigenvalue weighted by Gasteiger charge is -2.09. The number of benzene rings is 1. The molecule has 4 nitrogen and oxygen atoms in total. The number of nitrogens with one attached hydrogen (secondary N) is 1. The second-order valence-corrected chi connectivity index (χ2v) is 4.33. The topological polar surface area (TPSA) is 64.3 Å². The maximum Gasteiger partial charge on any atom is 0.236 e. The Morgan fingerprint density at radius 2 is 2.24 bits per heavy atom. The number of hydrogen-bond donors (Lipinski definition) is 2. The molecule has 1 atom stereocenters. The Hall–Kier alpha value is -0.780. The molecule has 0 aliphatic rings. The lowest BCUT2D eigenvalue weighted by molar-refractivity contribution is -0.122. The van der Waals surface area contributed by atoms with Crippen molar-refractivity contribution >= 4 is 34.2 Å². The molecule has 0 unspecified atom stereocenters. The van der Waals surface area contributed by atoms with Crippen molar-refractivity contribution in [3.8, 4) is 5.75 Å². The molecule has 0 saturated carbocycles. The fourth-order valence-corrected chi connectivity index (χ4v) is 1.76. The molecule has 0 spiro atoms. The molecule has 0 saturated heterocycles. The van der Waals surface area contributed by atoms with E-state index in [1.807, 2.05) is 18.2 Å². The van der Waals surface area contributed by atoms with Crippen molar-refractivity contribution in [2.24, 2.45) is 5.73 Å². The van der Waals surface area contributed by atoms with Gasteiger partial charge in [-0.25, -0.2) is 0 Å². The number of halogens is 2.